The zero-order chi connectivity index (χ0) is 24.9. The molecule has 0 bridgehead atoms. The van der Waals surface area contributed by atoms with Gasteiger partial charge in [0.15, 0.2) is 0 Å². The number of amides is 1. The first-order valence-corrected chi connectivity index (χ1v) is 13.4. The van der Waals surface area contributed by atoms with E-state index in [1.807, 2.05) is 30.3 Å². The molecule has 1 aliphatic rings. The van der Waals surface area contributed by atoms with Gasteiger partial charge in [-0.1, -0.05) is 29.8 Å². The van der Waals surface area contributed by atoms with Gasteiger partial charge >= 0.3 is 6.09 Å². The molecule has 1 amide bonds. The van der Waals surface area contributed by atoms with E-state index in [-0.39, 0.29) is 6.04 Å². The van der Waals surface area contributed by atoms with Crippen molar-refractivity contribution in [3.8, 4) is 0 Å². The second-order valence-electron chi connectivity index (χ2n) is 8.97. The third-order valence-corrected chi connectivity index (χ3v) is 8.49. The normalized spacial score (nSPS) is 16.5. The molecule has 35 heavy (non-hydrogen) atoms. The third kappa shape index (κ3) is 6.13. The van der Waals surface area contributed by atoms with Crippen molar-refractivity contribution in [1.29, 1.82) is 0 Å². The lowest BCUT2D eigenvalue weighted by Gasteiger charge is -2.37. The Labute approximate surface area is 214 Å². The number of rotatable bonds is 6. The van der Waals surface area contributed by atoms with Crippen LogP contribution in [0.2, 0.25) is 5.02 Å². The highest BCUT2D eigenvalue weighted by atomic mass is 35.5. The van der Waals surface area contributed by atoms with Gasteiger partial charge in [0, 0.05) is 26.5 Å². The first-order valence-electron chi connectivity index (χ1n) is 11.8. The molecule has 2 unspecified atom stereocenters. The molecule has 1 N–H and O–H groups in total. The highest BCUT2D eigenvalue weighted by molar-refractivity contribution is 7.85. The largest absolute Gasteiger partial charge is 0.453 e. The van der Waals surface area contributed by atoms with E-state index in [9.17, 15) is 9.00 Å². The summed E-state index contributed by atoms with van der Waals surface area (Å²) >= 11 is 5.95. The van der Waals surface area contributed by atoms with Crippen LogP contribution >= 0.6 is 11.6 Å². The molecule has 0 aliphatic carbocycles. The summed E-state index contributed by atoms with van der Waals surface area (Å²) in [5, 5.41) is 3.41. The van der Waals surface area contributed by atoms with Crippen molar-refractivity contribution in [3.63, 3.8) is 0 Å². The Bertz CT molecular complexity index is 1190. The number of aryl methyl sites for hydroxylation is 1. The molecule has 1 aliphatic heterocycles. The smallest absolute Gasteiger partial charge is 0.411 e. The topological polar surface area (TPSA) is 58.6 Å². The molecule has 184 valence electrons. The Morgan fingerprint density at radius 1 is 1.03 bits per heavy atom. The van der Waals surface area contributed by atoms with Crippen LogP contribution in [0, 0.1) is 6.92 Å². The lowest BCUT2D eigenvalue weighted by atomic mass is 9.86. The maximum absolute atomic E-state index is 12.9. The van der Waals surface area contributed by atoms with E-state index in [1.165, 1.54) is 23.8 Å². The fraction of sp³-hybridized carbons (Fsp3) is 0.321. The van der Waals surface area contributed by atoms with Crippen LogP contribution in [0.5, 0.6) is 0 Å². The zero-order valence-corrected chi connectivity index (χ0v) is 21.9. The molecule has 3 aromatic carbocycles. The quantitative estimate of drug-likeness (QED) is 0.390. The minimum Gasteiger partial charge on any atom is -0.453 e. The van der Waals surface area contributed by atoms with E-state index in [0.717, 1.165) is 41.4 Å². The van der Waals surface area contributed by atoms with E-state index >= 15 is 0 Å². The Kier molecular flexibility index (Phi) is 8.26. The predicted octanol–water partition coefficient (Wildman–Crippen LogP) is 6.93. The SMILES string of the molecule is COC(=O)Nc1ccc(C)c(C2CCN(C(C)c3ccc(S(=O)c4ccc(Cl)cc4)cc3)CC2)c1. The number of halogens is 1. The van der Waals surface area contributed by atoms with E-state index in [1.54, 1.807) is 12.1 Å². The molecular weight excluding hydrogens is 480 g/mol. The number of methoxy groups -OCH3 is 1. The molecule has 3 aromatic rings. The molecule has 2 atom stereocenters. The lowest BCUT2D eigenvalue weighted by molar-refractivity contribution is 0.162. The number of ether oxygens (including phenoxy) is 1. The number of nitrogens with one attached hydrogen (secondary N) is 1. The van der Waals surface area contributed by atoms with E-state index in [2.05, 4.69) is 48.3 Å². The van der Waals surface area contributed by atoms with E-state index < -0.39 is 16.9 Å². The van der Waals surface area contributed by atoms with Gasteiger partial charge in [-0.2, -0.15) is 0 Å². The van der Waals surface area contributed by atoms with Gasteiger partial charge in [0.25, 0.3) is 0 Å². The van der Waals surface area contributed by atoms with Crippen LogP contribution in [-0.2, 0) is 15.5 Å². The fourth-order valence-corrected chi connectivity index (χ4v) is 5.86. The maximum Gasteiger partial charge on any atom is 0.411 e. The van der Waals surface area contributed by atoms with Crippen LogP contribution in [-0.4, -0.2) is 35.4 Å². The molecule has 4 rings (SSSR count). The second kappa shape index (κ2) is 11.4. The van der Waals surface area contributed by atoms with E-state index in [0.29, 0.717) is 10.9 Å². The minimum absolute atomic E-state index is 0.280. The van der Waals surface area contributed by atoms with Crippen molar-refractivity contribution < 1.29 is 13.7 Å². The average molecular weight is 511 g/mol. The van der Waals surface area contributed by atoms with Gasteiger partial charge in [0.05, 0.1) is 17.9 Å². The number of hydrogen-bond acceptors (Lipinski definition) is 4. The van der Waals surface area contributed by atoms with Crippen molar-refractivity contribution in [2.45, 2.75) is 48.4 Å². The van der Waals surface area contributed by atoms with Crippen LogP contribution in [0.15, 0.2) is 76.5 Å². The molecule has 0 aromatic heterocycles. The Morgan fingerprint density at radius 2 is 1.63 bits per heavy atom. The molecule has 0 spiro atoms. The van der Waals surface area contributed by atoms with Crippen molar-refractivity contribution in [2.24, 2.45) is 0 Å². The monoisotopic (exact) mass is 510 g/mol. The molecule has 7 heteroatoms. The first kappa shape index (κ1) is 25.4. The van der Waals surface area contributed by atoms with Gasteiger partial charge in [-0.25, -0.2) is 9.00 Å². The van der Waals surface area contributed by atoms with Crippen LogP contribution < -0.4 is 5.32 Å². The standard InChI is InChI=1S/C28H31ClN2O3S/c1-19-4-9-24(30-28(32)34-3)18-27(19)22-14-16-31(17-15-22)20(2)21-5-10-25(11-6-21)35(33)26-12-7-23(29)8-13-26/h4-13,18,20,22H,14-17H2,1-3H3,(H,30,32). The van der Waals surface area contributed by atoms with Crippen LogP contribution in [0.4, 0.5) is 10.5 Å². The summed E-state index contributed by atoms with van der Waals surface area (Å²) < 4.78 is 17.6. The molecular formula is C28H31ClN2O3S. The van der Waals surface area contributed by atoms with Crippen LogP contribution in [0.25, 0.3) is 0 Å². The van der Waals surface area contributed by atoms with Gasteiger partial charge in [-0.3, -0.25) is 10.2 Å². The highest BCUT2D eigenvalue weighted by Crippen LogP contribution is 2.35. The number of anilines is 1. The maximum atomic E-state index is 12.9. The van der Waals surface area contributed by atoms with Gasteiger partial charge in [0.1, 0.15) is 0 Å². The molecule has 1 heterocycles. The summed E-state index contributed by atoms with van der Waals surface area (Å²) in [6.07, 6.45) is 1.67. The molecule has 1 saturated heterocycles. The summed E-state index contributed by atoms with van der Waals surface area (Å²) in [7, 11) is 0.147. The van der Waals surface area contributed by atoms with Gasteiger partial charge in [0.2, 0.25) is 0 Å². The number of hydrogen-bond donors (Lipinski definition) is 1. The Hall–Kier alpha value is -2.67. The van der Waals surface area contributed by atoms with Crippen LogP contribution in [0.3, 0.4) is 0 Å². The summed E-state index contributed by atoms with van der Waals surface area (Å²) in [4.78, 5) is 15.6. The number of piperidine rings is 1. The van der Waals surface area contributed by atoms with Gasteiger partial charge < -0.3 is 4.74 Å². The predicted molar refractivity (Wildman–Crippen MR) is 142 cm³/mol. The second-order valence-corrected chi connectivity index (χ2v) is 10.9. The summed E-state index contributed by atoms with van der Waals surface area (Å²) in [6, 6.07) is 21.6. The molecule has 0 radical (unpaired) electrons. The highest BCUT2D eigenvalue weighted by Gasteiger charge is 2.26. The van der Waals surface area contributed by atoms with Crippen molar-refractivity contribution >= 4 is 34.2 Å². The Morgan fingerprint density at radius 3 is 2.23 bits per heavy atom. The first-order chi connectivity index (χ1) is 16.9. The molecule has 1 fully saturated rings. The summed E-state index contributed by atoms with van der Waals surface area (Å²) in [5.74, 6) is 0.460. The summed E-state index contributed by atoms with van der Waals surface area (Å²) in [5.41, 5.74) is 4.53. The molecule has 0 saturated carbocycles. The number of benzene rings is 3. The van der Waals surface area contributed by atoms with Gasteiger partial charge in [-0.15, -0.1) is 0 Å². The number of carbonyl (C=O) groups is 1. The van der Waals surface area contributed by atoms with Crippen LogP contribution in [0.1, 0.15) is 48.4 Å². The Balaban J connectivity index is 1.38. The van der Waals surface area contributed by atoms with Crippen molar-refractivity contribution in [1.82, 2.24) is 4.90 Å². The van der Waals surface area contributed by atoms with E-state index in [4.69, 9.17) is 16.3 Å². The lowest BCUT2D eigenvalue weighted by Crippen LogP contribution is -2.35. The number of likely N-dealkylation sites (tertiary alicyclic amines) is 1. The fourth-order valence-electron chi connectivity index (χ4n) is 4.70. The minimum atomic E-state index is -1.22. The molecule has 5 nitrogen and oxygen atoms in total. The van der Waals surface area contributed by atoms with Crippen molar-refractivity contribution in [3.05, 3.63) is 88.4 Å². The van der Waals surface area contributed by atoms with Crippen molar-refractivity contribution in [2.75, 3.05) is 25.5 Å². The third-order valence-electron chi connectivity index (χ3n) is 6.83. The summed E-state index contributed by atoms with van der Waals surface area (Å²) in [6.45, 7) is 6.36. The zero-order valence-electron chi connectivity index (χ0n) is 20.3. The van der Waals surface area contributed by atoms with Gasteiger partial charge in [-0.05, 0) is 111 Å². The average Bonchev–Trinajstić information content (AvgIpc) is 2.89. The number of carbonyl (C=O) groups excluding carboxylic acids is 1. The number of nitrogens with zero attached hydrogens (tertiary/aromatic N) is 1.